The lowest BCUT2D eigenvalue weighted by Gasteiger charge is -2.10. The number of anilines is 1. The molecule has 0 radical (unpaired) electrons. The van der Waals surface area contributed by atoms with E-state index < -0.39 is 5.76 Å². The molecule has 0 spiro atoms. The molecule has 0 saturated heterocycles. The molecule has 2 heterocycles. The zero-order valence-corrected chi connectivity index (χ0v) is 14.2. The summed E-state index contributed by atoms with van der Waals surface area (Å²) in [6, 6.07) is 9.43. The van der Waals surface area contributed by atoms with E-state index in [0.29, 0.717) is 0 Å². The van der Waals surface area contributed by atoms with Gasteiger partial charge < -0.3 is 9.73 Å². The molecule has 0 fully saturated rings. The standard InChI is InChI=1S/C17H17N3O3S/c1-11-5-3-6-13(12(11)2)18-15(21)8-9-20-17(22)23-16(19-20)14-7-4-10-24-14/h3-7,10H,8-9H2,1-2H3,(H,18,21). The minimum Gasteiger partial charge on any atom is -0.387 e. The van der Waals surface area contributed by atoms with E-state index in [4.69, 9.17) is 4.42 Å². The molecular formula is C17H17N3O3S. The Hall–Kier alpha value is -2.67. The Morgan fingerprint density at radius 2 is 2.12 bits per heavy atom. The van der Waals surface area contributed by atoms with Crippen molar-refractivity contribution in [3.63, 3.8) is 0 Å². The van der Waals surface area contributed by atoms with Gasteiger partial charge >= 0.3 is 5.76 Å². The summed E-state index contributed by atoms with van der Waals surface area (Å²) < 4.78 is 6.30. The lowest BCUT2D eigenvalue weighted by molar-refractivity contribution is -0.116. The molecule has 0 bridgehead atoms. The second-order valence-corrected chi connectivity index (χ2v) is 6.37. The summed E-state index contributed by atoms with van der Waals surface area (Å²) in [5, 5.41) is 8.88. The number of carbonyl (C=O) groups is 1. The van der Waals surface area contributed by atoms with Crippen LogP contribution in [-0.2, 0) is 11.3 Å². The maximum atomic E-state index is 12.1. The summed E-state index contributed by atoms with van der Waals surface area (Å²) in [5.74, 6) is -0.445. The van der Waals surface area contributed by atoms with Gasteiger partial charge in [-0.15, -0.1) is 16.4 Å². The summed E-state index contributed by atoms with van der Waals surface area (Å²) >= 11 is 1.44. The highest BCUT2D eigenvalue weighted by atomic mass is 32.1. The summed E-state index contributed by atoms with van der Waals surface area (Å²) in [7, 11) is 0. The van der Waals surface area contributed by atoms with Crippen molar-refractivity contribution >= 4 is 22.9 Å². The molecule has 1 N–H and O–H groups in total. The number of nitrogens with zero attached hydrogens (tertiary/aromatic N) is 2. The van der Waals surface area contributed by atoms with Crippen LogP contribution in [0.15, 0.2) is 44.9 Å². The molecule has 0 saturated carbocycles. The predicted molar refractivity (Wildman–Crippen MR) is 93.2 cm³/mol. The molecule has 2 aromatic heterocycles. The first kappa shape index (κ1) is 16.2. The molecule has 3 aromatic rings. The second-order valence-electron chi connectivity index (χ2n) is 5.42. The molecule has 24 heavy (non-hydrogen) atoms. The van der Waals surface area contributed by atoms with Crippen molar-refractivity contribution in [2.75, 3.05) is 5.32 Å². The summed E-state index contributed by atoms with van der Waals surface area (Å²) in [6.45, 7) is 4.12. The third kappa shape index (κ3) is 3.46. The SMILES string of the molecule is Cc1cccc(NC(=O)CCn2nc(-c3cccs3)oc2=O)c1C. The normalized spacial score (nSPS) is 10.8. The Kier molecular flexibility index (Phi) is 4.61. The van der Waals surface area contributed by atoms with Gasteiger partial charge in [-0.25, -0.2) is 4.79 Å². The van der Waals surface area contributed by atoms with Gasteiger partial charge in [0.15, 0.2) is 0 Å². The molecule has 0 aliphatic carbocycles. The highest BCUT2D eigenvalue weighted by Gasteiger charge is 2.13. The average molecular weight is 343 g/mol. The maximum absolute atomic E-state index is 12.1. The van der Waals surface area contributed by atoms with Crippen LogP contribution in [0.3, 0.4) is 0 Å². The molecule has 0 aliphatic heterocycles. The Bertz CT molecular complexity index is 910. The quantitative estimate of drug-likeness (QED) is 0.772. The van der Waals surface area contributed by atoms with E-state index in [1.54, 1.807) is 0 Å². The van der Waals surface area contributed by atoms with E-state index in [9.17, 15) is 9.59 Å². The van der Waals surface area contributed by atoms with Gasteiger partial charge in [-0.2, -0.15) is 4.68 Å². The highest BCUT2D eigenvalue weighted by molar-refractivity contribution is 7.13. The van der Waals surface area contributed by atoms with Crippen molar-refractivity contribution in [2.45, 2.75) is 26.8 Å². The average Bonchev–Trinajstić information content (AvgIpc) is 3.19. The fourth-order valence-corrected chi connectivity index (χ4v) is 2.90. The molecule has 0 aliphatic rings. The fourth-order valence-electron chi connectivity index (χ4n) is 2.25. The summed E-state index contributed by atoms with van der Waals surface area (Å²) in [6.07, 6.45) is 0.143. The lowest BCUT2D eigenvalue weighted by Crippen LogP contribution is -2.21. The third-order valence-electron chi connectivity index (χ3n) is 3.77. The fraction of sp³-hybridized carbons (Fsp3) is 0.235. The van der Waals surface area contributed by atoms with E-state index >= 15 is 0 Å². The Morgan fingerprint density at radius 3 is 2.88 bits per heavy atom. The predicted octanol–water partition coefficient (Wildman–Crippen LogP) is 3.21. The van der Waals surface area contributed by atoms with Gasteiger partial charge in [0.05, 0.1) is 11.4 Å². The van der Waals surface area contributed by atoms with Crippen molar-refractivity contribution in [1.29, 1.82) is 0 Å². The first-order valence-corrected chi connectivity index (χ1v) is 8.40. The van der Waals surface area contributed by atoms with Gasteiger partial charge in [0.1, 0.15) is 0 Å². The molecule has 1 aromatic carbocycles. The van der Waals surface area contributed by atoms with Crippen LogP contribution >= 0.6 is 11.3 Å². The first-order chi connectivity index (χ1) is 11.5. The van der Waals surface area contributed by atoms with Crippen molar-refractivity contribution < 1.29 is 9.21 Å². The van der Waals surface area contributed by atoms with Crippen LogP contribution < -0.4 is 11.1 Å². The Labute approximate surface area is 142 Å². The molecule has 7 heteroatoms. The van der Waals surface area contributed by atoms with Crippen molar-refractivity contribution in [3.05, 3.63) is 57.4 Å². The minimum absolute atomic E-state index is 0.143. The van der Waals surface area contributed by atoms with Gasteiger partial charge in [0.2, 0.25) is 5.91 Å². The summed E-state index contributed by atoms with van der Waals surface area (Å²) in [5.41, 5.74) is 2.93. The van der Waals surface area contributed by atoms with Crippen LogP contribution in [0.5, 0.6) is 0 Å². The van der Waals surface area contributed by atoms with E-state index in [0.717, 1.165) is 21.7 Å². The van der Waals surface area contributed by atoms with Crippen molar-refractivity contribution in [1.82, 2.24) is 9.78 Å². The van der Waals surface area contributed by atoms with Gasteiger partial charge in [-0.1, -0.05) is 18.2 Å². The Balaban J connectivity index is 1.64. The van der Waals surface area contributed by atoms with E-state index in [2.05, 4.69) is 10.4 Å². The molecule has 6 nitrogen and oxygen atoms in total. The van der Waals surface area contributed by atoms with Crippen LogP contribution in [0.4, 0.5) is 5.69 Å². The third-order valence-corrected chi connectivity index (χ3v) is 4.63. The van der Waals surface area contributed by atoms with Crippen LogP contribution in [0.25, 0.3) is 10.8 Å². The molecule has 1 amide bonds. The number of aromatic nitrogens is 2. The molecule has 0 atom stereocenters. The van der Waals surface area contributed by atoms with E-state index in [1.807, 2.05) is 49.6 Å². The van der Waals surface area contributed by atoms with Crippen molar-refractivity contribution in [3.8, 4) is 10.8 Å². The van der Waals surface area contributed by atoms with Gasteiger partial charge in [-0.3, -0.25) is 4.79 Å². The number of thiophene rings is 1. The topological polar surface area (TPSA) is 77.1 Å². The number of aryl methyl sites for hydroxylation is 2. The number of carbonyl (C=O) groups excluding carboxylic acids is 1. The van der Waals surface area contributed by atoms with E-state index in [1.165, 1.54) is 16.0 Å². The van der Waals surface area contributed by atoms with Crippen LogP contribution in [0.2, 0.25) is 0 Å². The van der Waals surface area contributed by atoms with Crippen LogP contribution in [0.1, 0.15) is 17.5 Å². The number of rotatable bonds is 5. The van der Waals surface area contributed by atoms with Crippen molar-refractivity contribution in [2.24, 2.45) is 0 Å². The summed E-state index contributed by atoms with van der Waals surface area (Å²) in [4.78, 5) is 24.7. The molecular weight excluding hydrogens is 326 g/mol. The number of benzene rings is 1. The Morgan fingerprint density at radius 1 is 1.29 bits per heavy atom. The largest absolute Gasteiger partial charge is 0.437 e. The zero-order chi connectivity index (χ0) is 17.1. The number of nitrogens with one attached hydrogen (secondary N) is 1. The zero-order valence-electron chi connectivity index (χ0n) is 13.4. The second kappa shape index (κ2) is 6.84. The monoisotopic (exact) mass is 343 g/mol. The van der Waals surface area contributed by atoms with Crippen LogP contribution in [-0.4, -0.2) is 15.7 Å². The van der Waals surface area contributed by atoms with Crippen LogP contribution in [0, 0.1) is 13.8 Å². The number of hydrogen-bond donors (Lipinski definition) is 1. The minimum atomic E-state index is -0.557. The van der Waals surface area contributed by atoms with Gasteiger partial charge in [-0.05, 0) is 42.5 Å². The maximum Gasteiger partial charge on any atom is 0.437 e. The van der Waals surface area contributed by atoms with Gasteiger partial charge in [0, 0.05) is 12.1 Å². The smallest absolute Gasteiger partial charge is 0.387 e. The molecule has 124 valence electrons. The number of hydrogen-bond acceptors (Lipinski definition) is 5. The van der Waals surface area contributed by atoms with E-state index in [-0.39, 0.29) is 24.8 Å². The highest BCUT2D eigenvalue weighted by Crippen LogP contribution is 2.21. The molecule has 3 rings (SSSR count). The molecule has 0 unspecified atom stereocenters. The first-order valence-electron chi connectivity index (χ1n) is 7.52. The number of amides is 1. The van der Waals surface area contributed by atoms with Gasteiger partial charge in [0.25, 0.3) is 5.89 Å². The lowest BCUT2D eigenvalue weighted by atomic mass is 10.1.